The average Bonchev–Trinajstić information content (AvgIpc) is 3.77. The van der Waals surface area contributed by atoms with Gasteiger partial charge in [0.1, 0.15) is 0 Å². The van der Waals surface area contributed by atoms with E-state index in [1.165, 1.54) is 92.6 Å². The Morgan fingerprint density at radius 2 is 1.10 bits per heavy atom. The molecular weight excluding hydrogens is 579 g/mol. The second kappa shape index (κ2) is 7.78. The molecule has 0 aliphatic rings. The zero-order chi connectivity index (χ0) is 27.1. The molecule has 0 radical (unpaired) electrons. The summed E-state index contributed by atoms with van der Waals surface area (Å²) in [4.78, 5) is 0. The largest absolute Gasteiger partial charge is 0.453 e. The second-order valence-corrected chi connectivity index (χ2v) is 15.4. The first-order valence-electron chi connectivity index (χ1n) is 13.7. The number of aromatic nitrogens is 1. The minimum atomic E-state index is 1.04. The summed E-state index contributed by atoms with van der Waals surface area (Å²) in [6, 6.07) is 27.3. The molecule has 0 atom stereocenters. The number of aryl methyl sites for hydroxylation is 3. The first-order chi connectivity index (χ1) is 20.0. The maximum absolute atomic E-state index is 6.64. The predicted molar refractivity (Wildman–Crippen MR) is 184 cm³/mol. The van der Waals surface area contributed by atoms with Crippen LogP contribution in [-0.4, -0.2) is 4.57 Å². The molecule has 0 saturated carbocycles. The van der Waals surface area contributed by atoms with Gasteiger partial charge in [-0.2, -0.15) is 0 Å². The number of thiophene rings is 4. The quantitative estimate of drug-likeness (QED) is 0.184. The molecule has 10 aromatic rings. The molecule has 2 nitrogen and oxygen atoms in total. The van der Waals surface area contributed by atoms with Crippen molar-refractivity contribution in [2.24, 2.45) is 0 Å². The zero-order valence-electron chi connectivity index (χ0n) is 22.4. The highest BCUT2D eigenvalue weighted by atomic mass is 32.1. The van der Waals surface area contributed by atoms with Crippen LogP contribution < -0.4 is 0 Å². The number of rotatable bonds is 1. The molecule has 4 aromatic carbocycles. The van der Waals surface area contributed by atoms with E-state index in [0.717, 1.165) is 11.2 Å². The van der Waals surface area contributed by atoms with Crippen molar-refractivity contribution < 1.29 is 4.42 Å². The van der Waals surface area contributed by atoms with Gasteiger partial charge < -0.3 is 8.98 Å². The third kappa shape index (κ3) is 2.96. The Balaban J connectivity index is 1.29. The van der Waals surface area contributed by atoms with E-state index in [-0.39, 0.29) is 0 Å². The van der Waals surface area contributed by atoms with E-state index in [1.54, 1.807) is 0 Å². The molecule has 10 rings (SSSR count). The Morgan fingerprint density at radius 3 is 1.90 bits per heavy atom. The summed E-state index contributed by atoms with van der Waals surface area (Å²) >= 11 is 7.61. The third-order valence-corrected chi connectivity index (χ3v) is 13.4. The van der Waals surface area contributed by atoms with Gasteiger partial charge in [-0.3, -0.25) is 0 Å². The van der Waals surface area contributed by atoms with E-state index in [1.807, 2.05) is 45.3 Å². The molecule has 41 heavy (non-hydrogen) atoms. The van der Waals surface area contributed by atoms with Crippen LogP contribution in [0.15, 0.2) is 77.2 Å². The highest BCUT2D eigenvalue weighted by Crippen LogP contribution is 2.52. The zero-order valence-corrected chi connectivity index (χ0v) is 25.7. The molecule has 0 aliphatic heterocycles. The van der Waals surface area contributed by atoms with Crippen molar-refractivity contribution in [2.75, 3.05) is 0 Å². The maximum Gasteiger partial charge on any atom is 0.155 e. The number of nitrogens with zero attached hydrogens (tertiary/aromatic N) is 1. The van der Waals surface area contributed by atoms with E-state index in [4.69, 9.17) is 4.42 Å². The van der Waals surface area contributed by atoms with Gasteiger partial charge in [0, 0.05) is 41.3 Å². The molecule has 0 unspecified atom stereocenters. The molecular formula is C35H21NOS4. The normalized spacial score (nSPS) is 12.8. The summed E-state index contributed by atoms with van der Waals surface area (Å²) < 4.78 is 19.8. The first kappa shape index (κ1) is 22.9. The Kier molecular flexibility index (Phi) is 4.35. The van der Waals surface area contributed by atoms with Gasteiger partial charge in [0.15, 0.2) is 11.2 Å². The Bertz CT molecular complexity index is 2720. The molecule has 0 spiro atoms. The SMILES string of the molecule is Cc1ccc(-n2c3cc(C)ccc3c3sc4c5cc6sc7c(oc8c9ccc(C)cc9sc87)c6cc5sc4c32)cc1. The van der Waals surface area contributed by atoms with Gasteiger partial charge in [0.25, 0.3) is 0 Å². The maximum atomic E-state index is 6.64. The molecule has 0 amide bonds. The second-order valence-electron chi connectivity index (χ2n) is 11.2. The van der Waals surface area contributed by atoms with Gasteiger partial charge in [-0.25, -0.2) is 0 Å². The Labute approximate surface area is 250 Å². The van der Waals surface area contributed by atoms with E-state index in [0.29, 0.717) is 0 Å². The molecule has 196 valence electrons. The molecule has 6 heteroatoms. The number of benzene rings is 4. The van der Waals surface area contributed by atoms with Crippen molar-refractivity contribution in [1.82, 2.24) is 4.57 Å². The Hall–Kier alpha value is -3.68. The van der Waals surface area contributed by atoms with Crippen LogP contribution in [0.5, 0.6) is 0 Å². The van der Waals surface area contributed by atoms with Crippen LogP contribution in [0.3, 0.4) is 0 Å². The molecule has 0 N–H and O–H groups in total. The van der Waals surface area contributed by atoms with Crippen LogP contribution in [0, 0.1) is 20.8 Å². The summed E-state index contributed by atoms with van der Waals surface area (Å²) in [5.41, 5.74) is 9.79. The highest BCUT2D eigenvalue weighted by molar-refractivity contribution is 7.37. The van der Waals surface area contributed by atoms with E-state index < -0.39 is 0 Å². The molecule has 0 aliphatic carbocycles. The molecule has 6 heterocycles. The van der Waals surface area contributed by atoms with Crippen LogP contribution in [-0.2, 0) is 0 Å². The van der Waals surface area contributed by atoms with E-state index in [2.05, 4.69) is 98.1 Å². The third-order valence-electron chi connectivity index (χ3n) is 8.41. The summed E-state index contributed by atoms with van der Waals surface area (Å²) in [6.07, 6.45) is 0. The minimum absolute atomic E-state index is 1.04. The molecule has 0 saturated heterocycles. The monoisotopic (exact) mass is 599 g/mol. The number of furan rings is 1. The van der Waals surface area contributed by atoms with Crippen molar-refractivity contribution in [3.05, 3.63) is 89.5 Å². The fraction of sp³-hybridized carbons (Fsp3) is 0.0857. The predicted octanol–water partition coefficient (Wildman–Crippen LogP) is 12.5. The van der Waals surface area contributed by atoms with Crippen LogP contribution in [0.1, 0.15) is 16.7 Å². The van der Waals surface area contributed by atoms with E-state index in [9.17, 15) is 0 Å². The standard InChI is InChI=1S/C35H21NOS4/c1-16-4-8-19(9-5-16)36-24-12-17(2)6-10-20(24)31-28(36)33-32(41-31)23-15-26-22(14-27(23)38-33)30-35(40-26)34-29(37-30)21-11-7-18(3)13-25(21)39-34/h4-15H,1-3H3. The molecule has 6 aromatic heterocycles. The van der Waals surface area contributed by atoms with Gasteiger partial charge in [-0.15, -0.1) is 45.3 Å². The number of hydrogen-bond acceptors (Lipinski definition) is 5. The van der Waals surface area contributed by atoms with Crippen molar-refractivity contribution >= 4 is 127 Å². The Morgan fingerprint density at radius 1 is 0.488 bits per heavy atom. The number of hydrogen-bond donors (Lipinski definition) is 0. The van der Waals surface area contributed by atoms with Gasteiger partial charge in [-0.05, 0) is 74.4 Å². The van der Waals surface area contributed by atoms with Gasteiger partial charge in [-0.1, -0.05) is 35.9 Å². The van der Waals surface area contributed by atoms with Gasteiger partial charge in [0.05, 0.1) is 34.5 Å². The minimum Gasteiger partial charge on any atom is -0.453 e. The van der Waals surface area contributed by atoms with Crippen molar-refractivity contribution in [2.45, 2.75) is 20.8 Å². The molecule has 0 bridgehead atoms. The summed E-state index contributed by atoms with van der Waals surface area (Å²) in [5, 5.41) is 5.17. The fourth-order valence-electron chi connectivity index (χ4n) is 6.42. The summed E-state index contributed by atoms with van der Waals surface area (Å²) in [5.74, 6) is 0. The van der Waals surface area contributed by atoms with Crippen LogP contribution >= 0.6 is 45.3 Å². The lowest BCUT2D eigenvalue weighted by molar-refractivity contribution is 0.678. The lowest BCUT2D eigenvalue weighted by atomic mass is 10.2. The van der Waals surface area contributed by atoms with Crippen molar-refractivity contribution in [3.8, 4) is 5.69 Å². The smallest absolute Gasteiger partial charge is 0.155 e. The van der Waals surface area contributed by atoms with Crippen molar-refractivity contribution in [1.29, 1.82) is 0 Å². The first-order valence-corrected chi connectivity index (χ1v) is 16.9. The van der Waals surface area contributed by atoms with Crippen molar-refractivity contribution in [3.63, 3.8) is 0 Å². The van der Waals surface area contributed by atoms with Crippen LogP contribution in [0.4, 0.5) is 0 Å². The van der Waals surface area contributed by atoms with Gasteiger partial charge >= 0.3 is 0 Å². The summed E-state index contributed by atoms with van der Waals surface area (Å²) in [7, 11) is 0. The van der Waals surface area contributed by atoms with Gasteiger partial charge in [0.2, 0.25) is 0 Å². The summed E-state index contributed by atoms with van der Waals surface area (Å²) in [6.45, 7) is 6.50. The van der Waals surface area contributed by atoms with Crippen LogP contribution in [0.2, 0.25) is 0 Å². The highest BCUT2D eigenvalue weighted by Gasteiger charge is 2.23. The van der Waals surface area contributed by atoms with E-state index >= 15 is 0 Å². The fourth-order valence-corrected chi connectivity index (χ4v) is 11.7. The topological polar surface area (TPSA) is 18.1 Å². The average molecular weight is 600 g/mol. The molecule has 0 fully saturated rings. The lowest BCUT2D eigenvalue weighted by Gasteiger charge is -2.08. The lowest BCUT2D eigenvalue weighted by Crippen LogP contribution is -1.93. The van der Waals surface area contributed by atoms with Crippen LogP contribution in [0.25, 0.3) is 87.0 Å². The number of fused-ring (bicyclic) bond motifs is 14.